The summed E-state index contributed by atoms with van der Waals surface area (Å²) in [6.07, 6.45) is 2.09. The van der Waals surface area contributed by atoms with Gasteiger partial charge in [-0.05, 0) is 37.3 Å². The number of sulfone groups is 1. The maximum Gasteiger partial charge on any atom is 0.218 e. The molecule has 1 unspecified atom stereocenters. The molecule has 27 heavy (non-hydrogen) atoms. The minimum Gasteiger partial charge on any atom is -0.496 e. The van der Waals surface area contributed by atoms with Crippen LogP contribution in [-0.4, -0.2) is 64.7 Å². The molecule has 2 fully saturated rings. The number of hydrogen-bond donors (Lipinski definition) is 0. The first-order valence-electron chi connectivity index (χ1n) is 9.27. The molecule has 150 valence electrons. The number of ether oxygens (including phenoxy) is 2. The zero-order valence-electron chi connectivity index (χ0n) is 15.4. The monoisotopic (exact) mass is 415 g/mol. The fraction of sp³-hybridized carbons (Fsp3) is 0.667. The molecule has 0 saturated carbocycles. The van der Waals surface area contributed by atoms with E-state index in [2.05, 4.69) is 6.07 Å². The Balaban J connectivity index is 1.57. The van der Waals surface area contributed by atoms with Gasteiger partial charge in [0.25, 0.3) is 0 Å². The van der Waals surface area contributed by atoms with Crippen molar-refractivity contribution in [3.63, 3.8) is 0 Å². The average molecular weight is 416 g/mol. The third-order valence-electron chi connectivity index (χ3n) is 6.04. The minimum atomic E-state index is -3.61. The zero-order valence-corrected chi connectivity index (χ0v) is 17.0. The van der Waals surface area contributed by atoms with Gasteiger partial charge in [0.15, 0.2) is 9.84 Å². The number of piperidine rings is 1. The summed E-state index contributed by atoms with van der Waals surface area (Å²) in [4.78, 5) is 0. The number of sulfonamides is 1. The molecule has 0 bridgehead atoms. The Morgan fingerprint density at radius 2 is 2.00 bits per heavy atom. The van der Waals surface area contributed by atoms with Crippen molar-refractivity contribution < 1.29 is 26.3 Å². The summed E-state index contributed by atoms with van der Waals surface area (Å²) in [5.74, 6) is 0.484. The first kappa shape index (κ1) is 19.2. The van der Waals surface area contributed by atoms with E-state index in [1.807, 2.05) is 12.1 Å². The van der Waals surface area contributed by atoms with Crippen molar-refractivity contribution in [3.05, 3.63) is 29.3 Å². The molecule has 3 heterocycles. The maximum atomic E-state index is 12.9. The summed E-state index contributed by atoms with van der Waals surface area (Å²) in [6.45, 7) is 1.26. The van der Waals surface area contributed by atoms with Crippen molar-refractivity contribution in [1.82, 2.24) is 4.31 Å². The molecule has 1 aromatic carbocycles. The van der Waals surface area contributed by atoms with Gasteiger partial charge in [0.2, 0.25) is 10.0 Å². The molecule has 1 aromatic rings. The lowest BCUT2D eigenvalue weighted by atomic mass is 9.79. The van der Waals surface area contributed by atoms with Crippen LogP contribution in [0.1, 0.15) is 30.4 Å². The van der Waals surface area contributed by atoms with Crippen LogP contribution in [0.2, 0.25) is 0 Å². The summed E-state index contributed by atoms with van der Waals surface area (Å²) in [5, 5.41) is -0.814. The van der Waals surface area contributed by atoms with Gasteiger partial charge < -0.3 is 9.47 Å². The van der Waals surface area contributed by atoms with E-state index in [9.17, 15) is 16.8 Å². The highest BCUT2D eigenvalue weighted by Gasteiger charge is 2.47. The van der Waals surface area contributed by atoms with Gasteiger partial charge in [0, 0.05) is 18.7 Å². The van der Waals surface area contributed by atoms with Gasteiger partial charge in [-0.3, -0.25) is 0 Å². The molecule has 7 nitrogen and oxygen atoms in total. The molecule has 3 aliphatic rings. The number of nitrogens with zero attached hydrogens (tertiary/aromatic N) is 1. The molecule has 9 heteroatoms. The molecule has 4 rings (SSSR count). The quantitative estimate of drug-likeness (QED) is 0.734. The van der Waals surface area contributed by atoms with E-state index >= 15 is 0 Å². The molecule has 0 aromatic heterocycles. The number of fused-ring (bicyclic) bond motifs is 2. The normalized spacial score (nSPS) is 27.4. The second kappa shape index (κ2) is 6.72. The van der Waals surface area contributed by atoms with Crippen LogP contribution in [0.5, 0.6) is 5.75 Å². The minimum absolute atomic E-state index is 0.0393. The van der Waals surface area contributed by atoms with Gasteiger partial charge in [-0.15, -0.1) is 0 Å². The highest BCUT2D eigenvalue weighted by atomic mass is 32.2. The van der Waals surface area contributed by atoms with Gasteiger partial charge in [-0.1, -0.05) is 12.1 Å². The summed E-state index contributed by atoms with van der Waals surface area (Å²) < 4.78 is 62.4. The van der Waals surface area contributed by atoms with Crippen LogP contribution in [0.4, 0.5) is 0 Å². The van der Waals surface area contributed by atoms with Crippen molar-refractivity contribution in [2.75, 3.05) is 38.3 Å². The predicted octanol–water partition coefficient (Wildman–Crippen LogP) is 1.08. The zero-order chi connectivity index (χ0) is 19.3. The summed E-state index contributed by atoms with van der Waals surface area (Å²) in [6, 6.07) is 5.97. The first-order chi connectivity index (χ1) is 12.8. The molecule has 0 radical (unpaired) electrons. The van der Waals surface area contributed by atoms with Gasteiger partial charge in [-0.25, -0.2) is 21.1 Å². The van der Waals surface area contributed by atoms with Crippen LogP contribution >= 0.6 is 0 Å². The van der Waals surface area contributed by atoms with E-state index in [0.717, 1.165) is 17.7 Å². The third kappa shape index (κ3) is 3.28. The molecule has 1 atom stereocenters. The number of rotatable bonds is 3. The Bertz CT molecular complexity index is 918. The Hall–Kier alpha value is -1.16. The van der Waals surface area contributed by atoms with E-state index < -0.39 is 30.7 Å². The lowest BCUT2D eigenvalue weighted by Gasteiger charge is -2.45. The predicted molar refractivity (Wildman–Crippen MR) is 101 cm³/mol. The van der Waals surface area contributed by atoms with Crippen molar-refractivity contribution in [2.45, 2.75) is 36.5 Å². The molecule has 0 N–H and O–H groups in total. The molecule has 0 amide bonds. The van der Waals surface area contributed by atoms with Crippen molar-refractivity contribution in [1.29, 1.82) is 0 Å². The topological polar surface area (TPSA) is 90.0 Å². The largest absolute Gasteiger partial charge is 0.496 e. The van der Waals surface area contributed by atoms with E-state index in [-0.39, 0.29) is 17.9 Å². The third-order valence-corrected chi connectivity index (χ3v) is 10.3. The van der Waals surface area contributed by atoms with Crippen molar-refractivity contribution >= 4 is 19.9 Å². The number of hydrogen-bond acceptors (Lipinski definition) is 6. The fourth-order valence-corrected chi connectivity index (χ4v) is 9.13. The van der Waals surface area contributed by atoms with Crippen LogP contribution in [0, 0.1) is 0 Å². The summed E-state index contributed by atoms with van der Waals surface area (Å²) in [7, 11) is -5.22. The van der Waals surface area contributed by atoms with Gasteiger partial charge in [0.05, 0.1) is 36.1 Å². The Morgan fingerprint density at radius 1 is 1.26 bits per heavy atom. The smallest absolute Gasteiger partial charge is 0.218 e. The second-order valence-corrected chi connectivity index (χ2v) is 12.0. The van der Waals surface area contributed by atoms with Crippen molar-refractivity contribution in [3.8, 4) is 5.75 Å². The molecule has 1 spiro atoms. The molecular weight excluding hydrogens is 390 g/mol. The van der Waals surface area contributed by atoms with Crippen LogP contribution in [-0.2, 0) is 36.6 Å². The average Bonchev–Trinajstić information content (AvgIpc) is 3.02. The van der Waals surface area contributed by atoms with Gasteiger partial charge in [0.1, 0.15) is 5.75 Å². The fourth-order valence-electron chi connectivity index (χ4n) is 4.60. The van der Waals surface area contributed by atoms with E-state index in [4.69, 9.17) is 9.47 Å². The van der Waals surface area contributed by atoms with Crippen LogP contribution in [0.25, 0.3) is 0 Å². The van der Waals surface area contributed by atoms with Crippen LogP contribution < -0.4 is 4.74 Å². The number of methoxy groups -OCH3 is 1. The van der Waals surface area contributed by atoms with Crippen molar-refractivity contribution in [2.24, 2.45) is 0 Å². The molecule has 2 saturated heterocycles. The first-order valence-corrected chi connectivity index (χ1v) is 12.6. The molecule has 3 aliphatic heterocycles. The Morgan fingerprint density at radius 3 is 2.63 bits per heavy atom. The van der Waals surface area contributed by atoms with Crippen LogP contribution in [0.3, 0.4) is 0 Å². The van der Waals surface area contributed by atoms with Gasteiger partial charge >= 0.3 is 0 Å². The molecule has 0 aliphatic carbocycles. The van der Waals surface area contributed by atoms with E-state index in [1.54, 1.807) is 7.11 Å². The lowest BCUT2D eigenvalue weighted by molar-refractivity contribution is -0.0904. The second-order valence-electron chi connectivity index (χ2n) is 7.56. The lowest BCUT2D eigenvalue weighted by Crippen LogP contribution is -2.50. The SMILES string of the molecule is COc1cccc2c1C1(CCN(S(=O)(=O)C3CCS(=O)(=O)C3)CC1)OCC2. The highest BCUT2D eigenvalue weighted by Crippen LogP contribution is 2.46. The van der Waals surface area contributed by atoms with Crippen LogP contribution in [0.15, 0.2) is 18.2 Å². The molecular formula is C18H25NO6S2. The maximum absolute atomic E-state index is 12.9. The summed E-state index contributed by atoms with van der Waals surface area (Å²) in [5.41, 5.74) is 1.70. The number of benzene rings is 1. The Labute approximate surface area is 160 Å². The van der Waals surface area contributed by atoms with E-state index in [1.165, 1.54) is 9.87 Å². The Kier molecular flexibility index (Phi) is 4.77. The van der Waals surface area contributed by atoms with E-state index in [0.29, 0.717) is 32.5 Å². The highest BCUT2D eigenvalue weighted by molar-refractivity contribution is 7.95. The van der Waals surface area contributed by atoms with Gasteiger partial charge in [-0.2, -0.15) is 0 Å². The summed E-state index contributed by atoms with van der Waals surface area (Å²) >= 11 is 0. The standard InChI is InChI=1S/C18H25NO6S2/c1-24-16-4-2-3-14-5-11-25-18(17(14)16)7-9-19(10-8-18)27(22,23)15-6-12-26(20,21)13-15/h2-4,15H,5-13H2,1H3.